The number of hydrogen-bond donors (Lipinski definition) is 1. The van der Waals surface area contributed by atoms with E-state index in [-0.39, 0.29) is 5.75 Å². The van der Waals surface area contributed by atoms with Crippen LogP contribution in [0.25, 0.3) is 0 Å². The van der Waals surface area contributed by atoms with Gasteiger partial charge in [0, 0.05) is 10.6 Å². The van der Waals surface area contributed by atoms with Gasteiger partial charge >= 0.3 is 0 Å². The van der Waals surface area contributed by atoms with Crippen LogP contribution in [0.5, 0.6) is 5.75 Å². The summed E-state index contributed by atoms with van der Waals surface area (Å²) < 4.78 is 0. The Hall–Kier alpha value is -0.690. The van der Waals surface area contributed by atoms with Gasteiger partial charge in [0.1, 0.15) is 5.75 Å². The van der Waals surface area contributed by atoms with Crippen molar-refractivity contribution in [3.05, 3.63) is 28.3 Å². The molecule has 0 heterocycles. The predicted molar refractivity (Wildman–Crippen MR) is 51.9 cm³/mol. The van der Waals surface area contributed by atoms with E-state index in [1.165, 1.54) is 0 Å². The molecule has 1 nitrogen and oxygen atoms in total. The number of halogens is 1. The molecule has 0 atom stereocenters. The van der Waals surface area contributed by atoms with Crippen molar-refractivity contribution in [2.24, 2.45) is 0 Å². The minimum Gasteiger partial charge on any atom is -0.508 e. The monoisotopic (exact) mass is 184 g/mol. The molecule has 0 saturated heterocycles. The average Bonchev–Trinajstić information content (AvgIpc) is 1.99. The quantitative estimate of drug-likeness (QED) is 0.709. The van der Waals surface area contributed by atoms with Crippen LogP contribution in [0, 0.1) is 6.92 Å². The van der Waals surface area contributed by atoms with E-state index in [2.05, 4.69) is 13.8 Å². The van der Waals surface area contributed by atoms with Crippen LogP contribution < -0.4 is 0 Å². The molecule has 0 saturated carbocycles. The van der Waals surface area contributed by atoms with Crippen LogP contribution in [0.3, 0.4) is 0 Å². The first-order chi connectivity index (χ1) is 5.52. The van der Waals surface area contributed by atoms with Gasteiger partial charge in [-0.1, -0.05) is 25.4 Å². The molecular weight excluding hydrogens is 172 g/mol. The minimum absolute atomic E-state index is 0.284. The molecule has 1 N–H and O–H groups in total. The topological polar surface area (TPSA) is 20.2 Å². The molecule has 0 aliphatic heterocycles. The Labute approximate surface area is 78.0 Å². The highest BCUT2D eigenvalue weighted by Crippen LogP contribution is 2.29. The molecular formula is C10H13ClO. The lowest BCUT2D eigenvalue weighted by atomic mass is 10.0. The average molecular weight is 185 g/mol. The summed E-state index contributed by atoms with van der Waals surface area (Å²) in [7, 11) is 0. The third-order valence-electron chi connectivity index (χ3n) is 2.01. The van der Waals surface area contributed by atoms with Crippen molar-refractivity contribution in [2.75, 3.05) is 0 Å². The highest BCUT2D eigenvalue weighted by Gasteiger charge is 2.06. The summed E-state index contributed by atoms with van der Waals surface area (Å²) in [5.74, 6) is 0.681. The fourth-order valence-electron chi connectivity index (χ4n) is 1.02. The largest absolute Gasteiger partial charge is 0.508 e. The van der Waals surface area contributed by atoms with Crippen LogP contribution in [0.2, 0.25) is 5.02 Å². The highest BCUT2D eigenvalue weighted by atomic mass is 35.5. The molecule has 1 aromatic carbocycles. The van der Waals surface area contributed by atoms with Gasteiger partial charge in [0.25, 0.3) is 0 Å². The molecule has 0 radical (unpaired) electrons. The van der Waals surface area contributed by atoms with Crippen molar-refractivity contribution < 1.29 is 5.11 Å². The first kappa shape index (κ1) is 9.40. The Morgan fingerprint density at radius 1 is 1.33 bits per heavy atom. The summed E-state index contributed by atoms with van der Waals surface area (Å²) in [5, 5.41) is 10.1. The maximum atomic E-state index is 9.45. The van der Waals surface area contributed by atoms with Crippen molar-refractivity contribution >= 4 is 11.6 Å². The molecule has 66 valence electrons. The summed E-state index contributed by atoms with van der Waals surface area (Å²) in [6, 6.07) is 3.67. The third kappa shape index (κ3) is 1.72. The lowest BCUT2D eigenvalue weighted by molar-refractivity contribution is 0.470. The predicted octanol–water partition coefficient (Wildman–Crippen LogP) is 3.48. The number of phenols is 1. The summed E-state index contributed by atoms with van der Waals surface area (Å²) in [4.78, 5) is 0. The standard InChI is InChI=1S/C10H13ClO/c1-6(2)8-4-9(11)7(3)10(12)5-8/h4-6,12H,1-3H3. The lowest BCUT2D eigenvalue weighted by Crippen LogP contribution is -1.88. The molecule has 2 heteroatoms. The van der Waals surface area contributed by atoms with Crippen molar-refractivity contribution in [1.29, 1.82) is 0 Å². The molecule has 0 aromatic heterocycles. The van der Waals surface area contributed by atoms with Gasteiger partial charge in [-0.25, -0.2) is 0 Å². The molecule has 0 aliphatic rings. The number of rotatable bonds is 1. The molecule has 0 amide bonds. The van der Waals surface area contributed by atoms with Crippen LogP contribution >= 0.6 is 11.6 Å². The second-order valence-corrected chi connectivity index (χ2v) is 3.71. The lowest BCUT2D eigenvalue weighted by Gasteiger charge is -2.08. The fourth-order valence-corrected chi connectivity index (χ4v) is 1.24. The molecule has 0 unspecified atom stereocenters. The highest BCUT2D eigenvalue weighted by molar-refractivity contribution is 6.31. The SMILES string of the molecule is Cc1c(O)cc(C(C)C)cc1Cl. The van der Waals surface area contributed by atoms with Crippen LogP contribution in [0.15, 0.2) is 12.1 Å². The minimum atomic E-state index is 0.284. The van der Waals surface area contributed by atoms with E-state index in [0.717, 1.165) is 11.1 Å². The second kappa shape index (κ2) is 3.36. The van der Waals surface area contributed by atoms with Gasteiger partial charge in [-0.15, -0.1) is 0 Å². The number of hydrogen-bond acceptors (Lipinski definition) is 1. The summed E-state index contributed by atoms with van der Waals surface area (Å²) in [6.07, 6.45) is 0. The van der Waals surface area contributed by atoms with Gasteiger partial charge in [-0.3, -0.25) is 0 Å². The van der Waals surface area contributed by atoms with Crippen molar-refractivity contribution in [1.82, 2.24) is 0 Å². The van der Waals surface area contributed by atoms with Crippen LogP contribution in [-0.4, -0.2) is 5.11 Å². The smallest absolute Gasteiger partial charge is 0.120 e. The van der Waals surface area contributed by atoms with E-state index in [9.17, 15) is 5.11 Å². The molecule has 1 rings (SSSR count). The molecule has 1 aromatic rings. The Kier molecular flexibility index (Phi) is 2.63. The van der Waals surface area contributed by atoms with Gasteiger partial charge in [0.05, 0.1) is 0 Å². The van der Waals surface area contributed by atoms with Crippen LogP contribution in [0.1, 0.15) is 30.9 Å². The van der Waals surface area contributed by atoms with Gasteiger partial charge < -0.3 is 5.11 Å². The van der Waals surface area contributed by atoms with Gasteiger partial charge in [-0.2, -0.15) is 0 Å². The maximum absolute atomic E-state index is 9.45. The zero-order valence-corrected chi connectivity index (χ0v) is 8.31. The summed E-state index contributed by atoms with van der Waals surface area (Å²) in [6.45, 7) is 5.95. The van der Waals surface area contributed by atoms with E-state index in [1.54, 1.807) is 6.07 Å². The zero-order valence-electron chi connectivity index (χ0n) is 7.56. The Morgan fingerprint density at radius 3 is 2.33 bits per heavy atom. The van der Waals surface area contributed by atoms with Crippen molar-refractivity contribution in [3.8, 4) is 5.75 Å². The van der Waals surface area contributed by atoms with Crippen molar-refractivity contribution in [3.63, 3.8) is 0 Å². The van der Waals surface area contributed by atoms with Crippen molar-refractivity contribution in [2.45, 2.75) is 26.7 Å². The normalized spacial score (nSPS) is 10.8. The molecule has 0 fully saturated rings. The fraction of sp³-hybridized carbons (Fsp3) is 0.400. The van der Waals surface area contributed by atoms with Gasteiger partial charge in [-0.05, 0) is 30.5 Å². The van der Waals surface area contributed by atoms with E-state index >= 15 is 0 Å². The summed E-state index contributed by atoms with van der Waals surface area (Å²) >= 11 is 5.90. The Morgan fingerprint density at radius 2 is 1.92 bits per heavy atom. The summed E-state index contributed by atoms with van der Waals surface area (Å²) in [5.41, 5.74) is 1.82. The van der Waals surface area contributed by atoms with E-state index in [0.29, 0.717) is 10.9 Å². The first-order valence-electron chi connectivity index (χ1n) is 4.01. The molecule has 12 heavy (non-hydrogen) atoms. The number of phenolic OH excluding ortho intramolecular Hbond substituents is 1. The Balaban J connectivity index is 3.21. The van der Waals surface area contributed by atoms with Crippen LogP contribution in [0.4, 0.5) is 0 Å². The van der Waals surface area contributed by atoms with E-state index < -0.39 is 0 Å². The number of aromatic hydroxyl groups is 1. The third-order valence-corrected chi connectivity index (χ3v) is 2.40. The molecule has 0 bridgehead atoms. The zero-order chi connectivity index (χ0) is 9.30. The number of benzene rings is 1. The van der Waals surface area contributed by atoms with Gasteiger partial charge in [0.2, 0.25) is 0 Å². The molecule has 0 spiro atoms. The maximum Gasteiger partial charge on any atom is 0.120 e. The first-order valence-corrected chi connectivity index (χ1v) is 4.39. The molecule has 0 aliphatic carbocycles. The van der Waals surface area contributed by atoms with E-state index in [1.807, 2.05) is 13.0 Å². The van der Waals surface area contributed by atoms with Crippen LogP contribution in [-0.2, 0) is 0 Å². The second-order valence-electron chi connectivity index (χ2n) is 3.30. The van der Waals surface area contributed by atoms with E-state index in [4.69, 9.17) is 11.6 Å². The van der Waals surface area contributed by atoms with Gasteiger partial charge in [0.15, 0.2) is 0 Å². The Bertz CT molecular complexity index is 269.